The van der Waals surface area contributed by atoms with Crippen LogP contribution in [0.15, 0.2) is 24.3 Å². The third kappa shape index (κ3) is 3.25. The van der Waals surface area contributed by atoms with E-state index in [9.17, 15) is 14.7 Å². The van der Waals surface area contributed by atoms with E-state index >= 15 is 0 Å². The van der Waals surface area contributed by atoms with Crippen LogP contribution in [0.25, 0.3) is 0 Å². The van der Waals surface area contributed by atoms with Gasteiger partial charge in [-0.3, -0.25) is 14.5 Å². The van der Waals surface area contributed by atoms with E-state index in [1.807, 2.05) is 23.1 Å². The summed E-state index contributed by atoms with van der Waals surface area (Å²) < 4.78 is 0. The monoisotopic (exact) mass is 324 g/mol. The first kappa shape index (κ1) is 16.8. The number of hydrogen-bond acceptors (Lipinski definition) is 3. The van der Waals surface area contributed by atoms with Crippen LogP contribution in [-0.2, 0) is 16.0 Å². The summed E-state index contributed by atoms with van der Waals surface area (Å²) in [7, 11) is 0. The molecule has 0 spiro atoms. The van der Waals surface area contributed by atoms with Gasteiger partial charge in [0.15, 0.2) is 0 Å². The number of hydrogen-bond donors (Lipinski definition) is 1. The van der Waals surface area contributed by atoms with E-state index < -0.39 is 12.0 Å². The van der Waals surface area contributed by atoms with Gasteiger partial charge in [0.05, 0.1) is 6.54 Å². The van der Waals surface area contributed by atoms with Crippen LogP contribution >= 0.6 is 12.4 Å². The van der Waals surface area contributed by atoms with Crippen molar-refractivity contribution in [3.63, 3.8) is 0 Å². The number of anilines is 1. The lowest BCUT2D eigenvalue weighted by molar-refractivity contribution is -0.142. The second kappa shape index (κ2) is 7.11. The van der Waals surface area contributed by atoms with Crippen LogP contribution in [0.5, 0.6) is 0 Å². The summed E-state index contributed by atoms with van der Waals surface area (Å²) in [6.07, 6.45) is 3.45. The van der Waals surface area contributed by atoms with E-state index in [1.165, 1.54) is 5.56 Å². The number of halogens is 1. The number of amides is 1. The number of benzene rings is 1. The zero-order valence-corrected chi connectivity index (χ0v) is 13.2. The standard InChI is InChI=1S/C16H20N2O3.ClH/c19-15(11-17-9-4-8-14(17)16(20)21)18-10-3-6-12-5-1-2-7-13(12)18;/h1-2,5,7,14H,3-4,6,8-11H2,(H,20,21);1H. The minimum atomic E-state index is -0.820. The average Bonchev–Trinajstić information content (AvgIpc) is 2.95. The van der Waals surface area contributed by atoms with E-state index in [0.29, 0.717) is 13.0 Å². The minimum Gasteiger partial charge on any atom is -0.480 e. The maximum Gasteiger partial charge on any atom is 0.320 e. The normalized spacial score (nSPS) is 21.1. The molecular weight excluding hydrogens is 304 g/mol. The van der Waals surface area contributed by atoms with Gasteiger partial charge in [0, 0.05) is 12.2 Å². The van der Waals surface area contributed by atoms with Gasteiger partial charge in [0.1, 0.15) is 6.04 Å². The molecule has 6 heteroatoms. The van der Waals surface area contributed by atoms with Gasteiger partial charge in [-0.05, 0) is 43.9 Å². The molecular formula is C16H21ClN2O3. The van der Waals surface area contributed by atoms with Gasteiger partial charge >= 0.3 is 5.97 Å². The number of carbonyl (C=O) groups is 2. The number of aryl methyl sites for hydroxylation is 1. The van der Waals surface area contributed by atoms with Crippen molar-refractivity contribution < 1.29 is 14.7 Å². The minimum absolute atomic E-state index is 0. The first-order valence-electron chi connectivity index (χ1n) is 7.52. The maximum absolute atomic E-state index is 12.6. The molecule has 1 aromatic rings. The quantitative estimate of drug-likeness (QED) is 0.923. The Bertz CT molecular complexity index is 564. The second-order valence-corrected chi connectivity index (χ2v) is 5.74. The number of carboxylic acids is 1. The number of nitrogens with zero attached hydrogens (tertiary/aromatic N) is 2. The lowest BCUT2D eigenvalue weighted by atomic mass is 10.0. The van der Waals surface area contributed by atoms with E-state index in [1.54, 1.807) is 4.90 Å². The molecule has 0 bridgehead atoms. The number of likely N-dealkylation sites (tertiary alicyclic amines) is 1. The Kier molecular flexibility index (Phi) is 5.42. The molecule has 2 aliphatic rings. The van der Waals surface area contributed by atoms with Gasteiger partial charge in [-0.2, -0.15) is 0 Å². The van der Waals surface area contributed by atoms with Crippen LogP contribution in [0, 0.1) is 0 Å². The molecule has 120 valence electrons. The summed E-state index contributed by atoms with van der Waals surface area (Å²) in [6.45, 7) is 1.62. The summed E-state index contributed by atoms with van der Waals surface area (Å²) >= 11 is 0. The predicted molar refractivity (Wildman–Crippen MR) is 86.6 cm³/mol. The number of para-hydroxylation sites is 1. The van der Waals surface area contributed by atoms with Gasteiger partial charge in [0.2, 0.25) is 5.91 Å². The lowest BCUT2D eigenvalue weighted by Gasteiger charge is -2.31. The van der Waals surface area contributed by atoms with Crippen LogP contribution in [0.1, 0.15) is 24.8 Å². The molecule has 1 N–H and O–H groups in total. The maximum atomic E-state index is 12.6. The number of fused-ring (bicyclic) bond motifs is 1. The van der Waals surface area contributed by atoms with Crippen LogP contribution in [0.2, 0.25) is 0 Å². The Morgan fingerprint density at radius 1 is 1.18 bits per heavy atom. The molecule has 1 aromatic carbocycles. The summed E-state index contributed by atoms with van der Waals surface area (Å²) in [6, 6.07) is 7.47. The molecule has 3 rings (SSSR count). The highest BCUT2D eigenvalue weighted by Crippen LogP contribution is 2.27. The summed E-state index contributed by atoms with van der Waals surface area (Å²) in [5.41, 5.74) is 2.19. The molecule has 22 heavy (non-hydrogen) atoms. The highest BCUT2D eigenvalue weighted by atomic mass is 35.5. The molecule has 1 amide bonds. The largest absolute Gasteiger partial charge is 0.480 e. The van der Waals surface area contributed by atoms with Gasteiger partial charge < -0.3 is 10.0 Å². The molecule has 5 nitrogen and oxygen atoms in total. The van der Waals surface area contributed by atoms with Crippen molar-refractivity contribution in [2.24, 2.45) is 0 Å². The third-order valence-electron chi connectivity index (χ3n) is 4.40. The smallest absolute Gasteiger partial charge is 0.320 e. The highest BCUT2D eigenvalue weighted by Gasteiger charge is 2.33. The van der Waals surface area contributed by atoms with Crippen molar-refractivity contribution in [1.29, 1.82) is 0 Å². The molecule has 1 fully saturated rings. The van der Waals surface area contributed by atoms with E-state index in [4.69, 9.17) is 0 Å². The predicted octanol–water partition coefficient (Wildman–Crippen LogP) is 1.94. The Morgan fingerprint density at radius 2 is 1.95 bits per heavy atom. The Balaban J connectivity index is 0.00000176. The van der Waals surface area contributed by atoms with E-state index in [0.717, 1.165) is 31.5 Å². The van der Waals surface area contributed by atoms with E-state index in [2.05, 4.69) is 6.07 Å². The third-order valence-corrected chi connectivity index (χ3v) is 4.40. The number of carbonyl (C=O) groups excluding carboxylic acids is 1. The van der Waals surface area contributed by atoms with Crippen molar-refractivity contribution in [3.05, 3.63) is 29.8 Å². The van der Waals surface area contributed by atoms with Crippen LogP contribution in [0.3, 0.4) is 0 Å². The molecule has 0 aromatic heterocycles. The van der Waals surface area contributed by atoms with Crippen LogP contribution in [-0.4, -0.2) is 47.6 Å². The number of rotatable bonds is 3. The van der Waals surface area contributed by atoms with Crippen LogP contribution in [0.4, 0.5) is 5.69 Å². The van der Waals surface area contributed by atoms with Gasteiger partial charge in [-0.1, -0.05) is 18.2 Å². The first-order valence-corrected chi connectivity index (χ1v) is 7.52. The fourth-order valence-electron chi connectivity index (χ4n) is 3.35. The Labute approximate surface area is 136 Å². The molecule has 0 aliphatic carbocycles. The SMILES string of the molecule is Cl.O=C(O)C1CCCN1CC(=O)N1CCCc2ccccc21. The summed E-state index contributed by atoms with van der Waals surface area (Å²) in [4.78, 5) is 27.4. The molecule has 0 saturated carbocycles. The molecule has 1 atom stereocenters. The molecule has 2 aliphatic heterocycles. The van der Waals surface area contributed by atoms with Gasteiger partial charge in [-0.15, -0.1) is 12.4 Å². The Hall–Kier alpha value is -1.59. The molecule has 0 radical (unpaired) electrons. The number of aliphatic carboxylic acids is 1. The van der Waals surface area contributed by atoms with Gasteiger partial charge in [0.25, 0.3) is 0 Å². The highest BCUT2D eigenvalue weighted by molar-refractivity contribution is 5.96. The van der Waals surface area contributed by atoms with Crippen molar-refractivity contribution in [3.8, 4) is 0 Å². The molecule has 2 heterocycles. The number of carboxylic acid groups (broad SMARTS) is 1. The summed E-state index contributed by atoms with van der Waals surface area (Å²) in [5, 5.41) is 9.20. The second-order valence-electron chi connectivity index (χ2n) is 5.74. The van der Waals surface area contributed by atoms with Crippen molar-refractivity contribution in [1.82, 2.24) is 4.90 Å². The average molecular weight is 325 g/mol. The van der Waals surface area contributed by atoms with E-state index in [-0.39, 0.29) is 24.9 Å². The van der Waals surface area contributed by atoms with Crippen molar-refractivity contribution in [2.75, 3.05) is 24.5 Å². The molecule has 1 saturated heterocycles. The first-order chi connectivity index (χ1) is 10.2. The van der Waals surface area contributed by atoms with Gasteiger partial charge in [-0.25, -0.2) is 0 Å². The lowest BCUT2D eigenvalue weighted by Crippen LogP contribution is -2.46. The zero-order chi connectivity index (χ0) is 14.8. The fourth-order valence-corrected chi connectivity index (χ4v) is 3.35. The van der Waals surface area contributed by atoms with Crippen molar-refractivity contribution in [2.45, 2.75) is 31.7 Å². The summed E-state index contributed by atoms with van der Waals surface area (Å²) in [5.74, 6) is -0.811. The molecule has 1 unspecified atom stereocenters. The van der Waals surface area contributed by atoms with Crippen LogP contribution < -0.4 is 4.90 Å². The van der Waals surface area contributed by atoms with Crippen molar-refractivity contribution >= 4 is 30.0 Å². The topological polar surface area (TPSA) is 60.9 Å². The zero-order valence-electron chi connectivity index (χ0n) is 12.4. The Morgan fingerprint density at radius 3 is 2.73 bits per heavy atom. The fraction of sp³-hybridized carbons (Fsp3) is 0.500.